The first-order valence-corrected chi connectivity index (χ1v) is 6.65. The van der Waals surface area contributed by atoms with Gasteiger partial charge >= 0.3 is 7.52 Å². The number of para-hydroxylation sites is 1. The van der Waals surface area contributed by atoms with E-state index in [4.69, 9.17) is 10.0 Å². The van der Waals surface area contributed by atoms with Crippen molar-refractivity contribution in [2.45, 2.75) is 0 Å². The molecule has 0 spiro atoms. The van der Waals surface area contributed by atoms with E-state index in [9.17, 15) is 4.57 Å². The van der Waals surface area contributed by atoms with E-state index >= 15 is 0 Å². The molecule has 1 aliphatic rings. The SMILES string of the molecule is NP1(=O)Oc2ccccc2-c2ccccc21. The molecular weight excluding hydrogens is 221 g/mol. The van der Waals surface area contributed by atoms with Crippen LogP contribution in [0.3, 0.4) is 0 Å². The Kier molecular flexibility index (Phi) is 1.93. The number of fused-ring (bicyclic) bond motifs is 3. The first-order chi connectivity index (χ1) is 7.68. The highest BCUT2D eigenvalue weighted by molar-refractivity contribution is 7.65. The second kappa shape index (κ2) is 3.21. The fourth-order valence-corrected chi connectivity index (χ4v) is 3.31. The summed E-state index contributed by atoms with van der Waals surface area (Å²) in [5, 5.41) is 0.591. The van der Waals surface area contributed by atoms with Gasteiger partial charge in [-0.05, 0) is 12.1 Å². The lowest BCUT2D eigenvalue weighted by atomic mass is 10.0. The predicted molar refractivity (Wildman–Crippen MR) is 63.9 cm³/mol. The quantitative estimate of drug-likeness (QED) is 0.709. The molecule has 16 heavy (non-hydrogen) atoms. The van der Waals surface area contributed by atoms with E-state index in [1.165, 1.54) is 0 Å². The highest BCUT2D eigenvalue weighted by Gasteiger charge is 2.31. The molecule has 80 valence electrons. The highest BCUT2D eigenvalue weighted by atomic mass is 31.2. The van der Waals surface area contributed by atoms with Gasteiger partial charge in [0.2, 0.25) is 0 Å². The van der Waals surface area contributed by atoms with Crippen molar-refractivity contribution < 1.29 is 9.09 Å². The van der Waals surface area contributed by atoms with E-state index in [-0.39, 0.29) is 0 Å². The summed E-state index contributed by atoms with van der Waals surface area (Å²) in [6, 6.07) is 14.9. The Balaban J connectivity index is 2.38. The summed E-state index contributed by atoms with van der Waals surface area (Å²) in [7, 11) is -3.21. The Morgan fingerprint density at radius 2 is 1.56 bits per heavy atom. The molecule has 0 saturated carbocycles. The van der Waals surface area contributed by atoms with Gasteiger partial charge < -0.3 is 4.52 Å². The van der Waals surface area contributed by atoms with Crippen LogP contribution in [0.2, 0.25) is 0 Å². The molecule has 2 aromatic carbocycles. The molecule has 2 aromatic rings. The van der Waals surface area contributed by atoms with E-state index in [1.54, 1.807) is 12.1 Å². The van der Waals surface area contributed by atoms with Crippen LogP contribution in [0.5, 0.6) is 5.75 Å². The van der Waals surface area contributed by atoms with Crippen LogP contribution in [-0.4, -0.2) is 0 Å². The lowest BCUT2D eigenvalue weighted by molar-refractivity contribution is 0.492. The van der Waals surface area contributed by atoms with Crippen LogP contribution < -0.4 is 15.3 Å². The average Bonchev–Trinajstić information content (AvgIpc) is 2.29. The molecule has 1 atom stereocenters. The number of hydrogen-bond acceptors (Lipinski definition) is 2. The van der Waals surface area contributed by atoms with Crippen molar-refractivity contribution in [3.63, 3.8) is 0 Å². The largest absolute Gasteiger partial charge is 0.429 e. The molecule has 0 radical (unpaired) electrons. The van der Waals surface area contributed by atoms with Crippen molar-refractivity contribution in [3.05, 3.63) is 48.5 Å². The first-order valence-electron chi connectivity index (χ1n) is 4.96. The second-order valence-corrected chi connectivity index (χ2v) is 5.56. The standard InChI is InChI=1S/C12H10NO2P/c13-16(14)12-8-4-2-6-10(12)9-5-1-3-7-11(9)15-16/h1-8H,(H2,13,14). The maximum Gasteiger partial charge on any atom is 0.345 e. The van der Waals surface area contributed by atoms with Gasteiger partial charge in [0.1, 0.15) is 5.75 Å². The Labute approximate surface area is 93.4 Å². The summed E-state index contributed by atoms with van der Waals surface area (Å²) in [6.07, 6.45) is 0. The fourth-order valence-electron chi connectivity index (χ4n) is 1.94. The summed E-state index contributed by atoms with van der Waals surface area (Å²) in [5.74, 6) is 0.590. The van der Waals surface area contributed by atoms with Gasteiger partial charge in [0.15, 0.2) is 0 Å². The lowest BCUT2D eigenvalue weighted by Crippen LogP contribution is -2.22. The number of nitrogens with two attached hydrogens (primary N) is 1. The van der Waals surface area contributed by atoms with Crippen molar-refractivity contribution in [2.24, 2.45) is 5.50 Å². The number of benzene rings is 2. The maximum absolute atomic E-state index is 12.2. The molecule has 2 N–H and O–H groups in total. The van der Waals surface area contributed by atoms with E-state index in [0.717, 1.165) is 11.1 Å². The lowest BCUT2D eigenvalue weighted by Gasteiger charge is -2.25. The Bertz CT molecular complexity index is 609. The number of hydrogen-bond donors (Lipinski definition) is 1. The van der Waals surface area contributed by atoms with Crippen molar-refractivity contribution in [1.82, 2.24) is 0 Å². The minimum Gasteiger partial charge on any atom is -0.429 e. The van der Waals surface area contributed by atoms with Gasteiger partial charge in [-0.2, -0.15) is 0 Å². The summed E-state index contributed by atoms with van der Waals surface area (Å²) in [5.41, 5.74) is 7.58. The van der Waals surface area contributed by atoms with Gasteiger partial charge in [-0.25, -0.2) is 5.50 Å². The zero-order valence-corrected chi connectivity index (χ0v) is 9.35. The molecule has 0 aromatic heterocycles. The fraction of sp³-hybridized carbons (Fsp3) is 0. The molecule has 0 aliphatic carbocycles. The minimum absolute atomic E-state index is 0.590. The van der Waals surface area contributed by atoms with E-state index in [1.807, 2.05) is 36.4 Å². The Hall–Kier alpha value is -1.57. The molecular formula is C12H10NO2P. The Morgan fingerprint density at radius 1 is 0.938 bits per heavy atom. The van der Waals surface area contributed by atoms with Gasteiger partial charge in [0.05, 0.1) is 5.30 Å². The van der Waals surface area contributed by atoms with Crippen molar-refractivity contribution in [1.29, 1.82) is 0 Å². The minimum atomic E-state index is -3.21. The maximum atomic E-state index is 12.2. The smallest absolute Gasteiger partial charge is 0.345 e. The summed E-state index contributed by atoms with van der Waals surface area (Å²) < 4.78 is 17.6. The van der Waals surface area contributed by atoms with Crippen LogP contribution in [0.15, 0.2) is 48.5 Å². The highest BCUT2D eigenvalue weighted by Crippen LogP contribution is 2.48. The van der Waals surface area contributed by atoms with Crippen LogP contribution in [0.1, 0.15) is 0 Å². The zero-order chi connectivity index (χ0) is 11.2. The molecule has 0 bridgehead atoms. The van der Waals surface area contributed by atoms with Crippen LogP contribution in [-0.2, 0) is 4.57 Å². The van der Waals surface area contributed by atoms with Crippen LogP contribution in [0.25, 0.3) is 11.1 Å². The van der Waals surface area contributed by atoms with E-state index in [0.29, 0.717) is 11.1 Å². The van der Waals surface area contributed by atoms with Crippen molar-refractivity contribution in [2.75, 3.05) is 0 Å². The van der Waals surface area contributed by atoms with Gasteiger partial charge in [-0.15, -0.1) is 0 Å². The van der Waals surface area contributed by atoms with Gasteiger partial charge in [-0.3, -0.25) is 4.57 Å². The average molecular weight is 231 g/mol. The normalized spacial score (nSPS) is 21.8. The van der Waals surface area contributed by atoms with Gasteiger partial charge in [0.25, 0.3) is 0 Å². The Morgan fingerprint density at radius 3 is 2.38 bits per heavy atom. The molecule has 1 aliphatic heterocycles. The molecule has 0 saturated heterocycles. The molecule has 4 heteroatoms. The van der Waals surface area contributed by atoms with Crippen LogP contribution >= 0.6 is 7.52 Å². The molecule has 3 nitrogen and oxygen atoms in total. The predicted octanol–water partition coefficient (Wildman–Crippen LogP) is 2.52. The molecule has 1 heterocycles. The van der Waals surface area contributed by atoms with Crippen LogP contribution in [0, 0.1) is 0 Å². The topological polar surface area (TPSA) is 52.3 Å². The van der Waals surface area contributed by atoms with Crippen LogP contribution in [0.4, 0.5) is 0 Å². The molecule has 3 rings (SSSR count). The summed E-state index contributed by atoms with van der Waals surface area (Å²) in [4.78, 5) is 0. The van der Waals surface area contributed by atoms with E-state index in [2.05, 4.69) is 0 Å². The first kappa shape index (κ1) is 9.64. The zero-order valence-electron chi connectivity index (χ0n) is 8.46. The van der Waals surface area contributed by atoms with Crippen molar-refractivity contribution in [3.8, 4) is 16.9 Å². The summed E-state index contributed by atoms with van der Waals surface area (Å²) >= 11 is 0. The summed E-state index contributed by atoms with van der Waals surface area (Å²) in [6.45, 7) is 0. The third-order valence-corrected chi connectivity index (χ3v) is 4.18. The van der Waals surface area contributed by atoms with E-state index < -0.39 is 7.52 Å². The second-order valence-electron chi connectivity index (χ2n) is 3.70. The molecule has 0 fully saturated rings. The van der Waals surface area contributed by atoms with Gasteiger partial charge in [0, 0.05) is 11.1 Å². The van der Waals surface area contributed by atoms with Crippen molar-refractivity contribution >= 4 is 12.8 Å². The molecule has 0 amide bonds. The molecule has 1 unspecified atom stereocenters. The van der Waals surface area contributed by atoms with Gasteiger partial charge in [-0.1, -0.05) is 36.4 Å². The monoisotopic (exact) mass is 231 g/mol. The third-order valence-electron chi connectivity index (χ3n) is 2.65. The number of rotatable bonds is 0. The third kappa shape index (κ3) is 1.29.